The van der Waals surface area contributed by atoms with Crippen molar-refractivity contribution >= 4 is 17.6 Å². The Morgan fingerprint density at radius 2 is 2.53 bits per heavy atom. The minimum absolute atomic E-state index is 0.213. The highest BCUT2D eigenvalue weighted by atomic mass is 35.5. The topological polar surface area (TPSA) is 56.2 Å². The smallest absolute Gasteiger partial charge is 0.322 e. The molecule has 0 amide bonds. The van der Waals surface area contributed by atoms with Crippen LogP contribution >= 0.6 is 11.6 Å². The molecule has 0 aromatic carbocycles. The summed E-state index contributed by atoms with van der Waals surface area (Å²) in [4.78, 5) is 11.6. The number of nitrogens with zero attached hydrogens (tertiary/aromatic N) is 2. The summed E-state index contributed by atoms with van der Waals surface area (Å²) in [6.45, 7) is 0.645. The Kier molecular flexibility index (Phi) is 4.02. The lowest BCUT2D eigenvalue weighted by atomic mass is 10.2. The summed E-state index contributed by atoms with van der Waals surface area (Å²) >= 11 is 5.77. The highest BCUT2D eigenvalue weighted by Crippen LogP contribution is 2.20. The second kappa shape index (κ2) is 5.51. The average molecular weight is 258 g/mol. The first-order chi connectivity index (χ1) is 8.19. The molecule has 1 fully saturated rings. The largest absolute Gasteiger partial charge is 0.468 e. The third kappa shape index (κ3) is 3.71. The molecular weight excluding hydrogens is 242 g/mol. The Morgan fingerprint density at radius 1 is 1.76 bits per heavy atom. The fourth-order valence-electron chi connectivity index (χ4n) is 1.67. The summed E-state index contributed by atoms with van der Waals surface area (Å²) in [7, 11) is 1.41. The van der Waals surface area contributed by atoms with Crippen molar-refractivity contribution in [1.29, 1.82) is 0 Å². The van der Waals surface area contributed by atoms with Crippen LogP contribution in [-0.2, 0) is 16.1 Å². The van der Waals surface area contributed by atoms with E-state index in [0.29, 0.717) is 24.0 Å². The van der Waals surface area contributed by atoms with Crippen LogP contribution in [0.3, 0.4) is 0 Å². The molecule has 6 heteroatoms. The molecule has 1 heterocycles. The van der Waals surface area contributed by atoms with Crippen molar-refractivity contribution in [2.75, 3.05) is 7.11 Å². The van der Waals surface area contributed by atoms with E-state index in [9.17, 15) is 4.79 Å². The number of carbonyl (C=O) groups excluding carboxylic acids is 1. The Labute approximate surface area is 105 Å². The Bertz CT molecular complexity index is 390. The maximum atomic E-state index is 11.6. The van der Waals surface area contributed by atoms with Gasteiger partial charge in [0.1, 0.15) is 6.04 Å². The van der Waals surface area contributed by atoms with Crippen molar-refractivity contribution < 1.29 is 9.53 Å². The van der Waals surface area contributed by atoms with E-state index in [2.05, 4.69) is 10.4 Å². The van der Waals surface area contributed by atoms with Gasteiger partial charge in [-0.3, -0.25) is 9.48 Å². The van der Waals surface area contributed by atoms with Gasteiger partial charge in [-0.15, -0.1) is 0 Å². The maximum absolute atomic E-state index is 11.6. The molecule has 0 spiro atoms. The molecule has 1 aliphatic carbocycles. The molecule has 0 saturated heterocycles. The quantitative estimate of drug-likeness (QED) is 0.779. The first-order valence-corrected chi connectivity index (χ1v) is 6.08. The van der Waals surface area contributed by atoms with Gasteiger partial charge in [0.05, 0.1) is 18.3 Å². The second-order valence-corrected chi connectivity index (χ2v) is 4.66. The molecular formula is C11H16ClN3O2. The zero-order valence-electron chi connectivity index (χ0n) is 9.73. The highest BCUT2D eigenvalue weighted by Gasteiger charge is 2.28. The van der Waals surface area contributed by atoms with Crippen molar-refractivity contribution in [1.82, 2.24) is 15.1 Å². The van der Waals surface area contributed by atoms with Gasteiger partial charge in [0.15, 0.2) is 0 Å². The van der Waals surface area contributed by atoms with Crippen LogP contribution in [-0.4, -0.2) is 34.9 Å². The molecule has 94 valence electrons. The summed E-state index contributed by atoms with van der Waals surface area (Å²) < 4.78 is 6.51. The number of hydrogen-bond donors (Lipinski definition) is 1. The molecule has 17 heavy (non-hydrogen) atoms. The zero-order valence-corrected chi connectivity index (χ0v) is 10.5. The van der Waals surface area contributed by atoms with E-state index in [0.717, 1.165) is 12.8 Å². The molecule has 1 aliphatic rings. The molecule has 2 rings (SSSR count). The molecule has 0 aliphatic heterocycles. The van der Waals surface area contributed by atoms with Crippen molar-refractivity contribution in [3.05, 3.63) is 17.4 Å². The average Bonchev–Trinajstić information content (AvgIpc) is 3.05. The number of ether oxygens (including phenoxy) is 1. The van der Waals surface area contributed by atoms with Crippen LogP contribution in [0.5, 0.6) is 0 Å². The number of carbonyl (C=O) groups is 1. The minimum atomic E-state index is -0.254. The van der Waals surface area contributed by atoms with Crippen molar-refractivity contribution in [3.63, 3.8) is 0 Å². The zero-order chi connectivity index (χ0) is 12.3. The van der Waals surface area contributed by atoms with Crippen LogP contribution in [0.25, 0.3) is 0 Å². The van der Waals surface area contributed by atoms with E-state index in [4.69, 9.17) is 16.3 Å². The summed E-state index contributed by atoms with van der Waals surface area (Å²) in [5.74, 6) is -0.213. The van der Waals surface area contributed by atoms with Gasteiger partial charge in [0, 0.05) is 18.8 Å². The SMILES string of the molecule is COC(=O)C(CCn1cc(Cl)cn1)NC1CC1. The number of nitrogens with one attached hydrogen (secondary N) is 1. The van der Waals surface area contributed by atoms with Gasteiger partial charge >= 0.3 is 5.97 Å². The predicted octanol–water partition coefficient (Wildman–Crippen LogP) is 1.22. The third-order valence-corrected chi connectivity index (χ3v) is 2.94. The molecule has 0 radical (unpaired) electrons. The van der Waals surface area contributed by atoms with Crippen molar-refractivity contribution in [2.24, 2.45) is 0 Å². The number of rotatable bonds is 6. The van der Waals surface area contributed by atoms with E-state index in [1.807, 2.05) is 0 Å². The van der Waals surface area contributed by atoms with Crippen LogP contribution in [0.2, 0.25) is 5.02 Å². The summed E-state index contributed by atoms with van der Waals surface area (Å²) in [6.07, 6.45) is 6.26. The van der Waals surface area contributed by atoms with Crippen molar-refractivity contribution in [3.8, 4) is 0 Å². The summed E-state index contributed by atoms with van der Waals surface area (Å²) in [5, 5.41) is 7.95. The van der Waals surface area contributed by atoms with Gasteiger partial charge in [-0.25, -0.2) is 0 Å². The monoisotopic (exact) mass is 257 g/mol. The Hall–Kier alpha value is -1.07. The first-order valence-electron chi connectivity index (χ1n) is 5.71. The third-order valence-electron chi connectivity index (χ3n) is 2.75. The van der Waals surface area contributed by atoms with Gasteiger partial charge in [-0.05, 0) is 19.3 Å². The minimum Gasteiger partial charge on any atom is -0.468 e. The standard InChI is InChI=1S/C11H16ClN3O2/c1-17-11(16)10(14-9-2-3-9)4-5-15-7-8(12)6-13-15/h6-7,9-10,14H,2-5H2,1H3. The van der Waals surface area contributed by atoms with Gasteiger partial charge in [-0.1, -0.05) is 11.6 Å². The van der Waals surface area contributed by atoms with Crippen LogP contribution in [0.15, 0.2) is 12.4 Å². The number of halogens is 1. The number of aryl methyl sites for hydroxylation is 1. The molecule has 1 saturated carbocycles. The highest BCUT2D eigenvalue weighted by molar-refractivity contribution is 6.30. The van der Waals surface area contributed by atoms with Crippen LogP contribution in [0.1, 0.15) is 19.3 Å². The molecule has 1 atom stereocenters. The molecule has 1 unspecified atom stereocenters. The molecule has 1 N–H and O–H groups in total. The lowest BCUT2D eigenvalue weighted by molar-refractivity contribution is -0.143. The summed E-state index contributed by atoms with van der Waals surface area (Å²) in [6, 6.07) is 0.218. The Balaban J connectivity index is 1.85. The number of methoxy groups -OCH3 is 1. The lowest BCUT2D eigenvalue weighted by Crippen LogP contribution is -2.39. The fourth-order valence-corrected chi connectivity index (χ4v) is 1.82. The first kappa shape index (κ1) is 12.4. The van der Waals surface area contributed by atoms with E-state index in [1.54, 1.807) is 17.1 Å². The van der Waals surface area contributed by atoms with Crippen LogP contribution in [0, 0.1) is 0 Å². The van der Waals surface area contributed by atoms with E-state index >= 15 is 0 Å². The lowest BCUT2D eigenvalue weighted by Gasteiger charge is -2.15. The maximum Gasteiger partial charge on any atom is 0.322 e. The van der Waals surface area contributed by atoms with Crippen LogP contribution < -0.4 is 5.32 Å². The number of esters is 1. The van der Waals surface area contributed by atoms with Crippen molar-refractivity contribution in [2.45, 2.75) is 37.9 Å². The predicted molar refractivity (Wildman–Crippen MR) is 63.8 cm³/mol. The fraction of sp³-hybridized carbons (Fsp3) is 0.636. The van der Waals surface area contributed by atoms with Gasteiger partial charge in [-0.2, -0.15) is 5.10 Å². The van der Waals surface area contributed by atoms with E-state index in [-0.39, 0.29) is 12.0 Å². The van der Waals surface area contributed by atoms with Gasteiger partial charge < -0.3 is 10.1 Å². The molecule has 1 aromatic heterocycles. The second-order valence-electron chi connectivity index (χ2n) is 4.23. The Morgan fingerprint density at radius 3 is 3.06 bits per heavy atom. The van der Waals surface area contributed by atoms with Crippen LogP contribution in [0.4, 0.5) is 0 Å². The van der Waals surface area contributed by atoms with E-state index < -0.39 is 0 Å². The number of hydrogen-bond acceptors (Lipinski definition) is 4. The van der Waals surface area contributed by atoms with Gasteiger partial charge in [0.2, 0.25) is 0 Å². The molecule has 5 nitrogen and oxygen atoms in total. The van der Waals surface area contributed by atoms with Gasteiger partial charge in [0.25, 0.3) is 0 Å². The summed E-state index contributed by atoms with van der Waals surface area (Å²) in [5.41, 5.74) is 0. The normalized spacial score (nSPS) is 16.8. The molecule has 1 aromatic rings. The van der Waals surface area contributed by atoms with E-state index in [1.165, 1.54) is 7.11 Å². The molecule has 0 bridgehead atoms. The number of aromatic nitrogens is 2.